The van der Waals surface area contributed by atoms with E-state index < -0.39 is 0 Å². The molecule has 0 fully saturated rings. The molecule has 0 aromatic carbocycles. The van der Waals surface area contributed by atoms with Gasteiger partial charge in [0.1, 0.15) is 15.3 Å². The molecule has 0 bridgehead atoms. The number of hydrogen-bond acceptors (Lipinski definition) is 7. The first-order valence-corrected chi connectivity index (χ1v) is 21.2. The van der Waals surface area contributed by atoms with E-state index in [2.05, 4.69) is 41.4 Å². The second-order valence-corrected chi connectivity index (χ2v) is 15.5. The molecular weight excluding hydrogens is 676 g/mol. The molecular formula is C39H75BrO6S. The summed E-state index contributed by atoms with van der Waals surface area (Å²) in [5.74, 6) is -0.571. The van der Waals surface area contributed by atoms with Crippen LogP contribution in [0.1, 0.15) is 194 Å². The number of esters is 3. The molecule has 0 aliphatic heterocycles. The van der Waals surface area contributed by atoms with Crippen molar-refractivity contribution in [3.63, 3.8) is 0 Å². The molecule has 8 heteroatoms. The molecule has 0 saturated carbocycles. The number of hydrogen-bond donors (Lipinski definition) is 0. The van der Waals surface area contributed by atoms with Gasteiger partial charge in [-0.2, -0.15) is 0 Å². The smallest absolute Gasteiger partial charge is 0.319 e. The highest BCUT2D eigenvalue weighted by Gasteiger charge is 2.28. The SMILES string of the molecule is CCCCCCCCCCC(Br)C(=O)OC.CCCCCCCCCCC(SC(CCCCCCCCCC)C(=O)OC)C(=O)OC. The third-order valence-electron chi connectivity index (χ3n) is 8.66. The van der Waals surface area contributed by atoms with E-state index in [1.54, 1.807) is 0 Å². The molecule has 3 atom stereocenters. The highest BCUT2D eigenvalue weighted by Crippen LogP contribution is 2.29. The average molecular weight is 752 g/mol. The summed E-state index contributed by atoms with van der Waals surface area (Å²) in [6.45, 7) is 6.71. The first kappa shape index (κ1) is 48.4. The summed E-state index contributed by atoms with van der Waals surface area (Å²) < 4.78 is 14.7. The third kappa shape index (κ3) is 32.2. The van der Waals surface area contributed by atoms with Crippen molar-refractivity contribution in [2.45, 2.75) is 209 Å². The van der Waals surface area contributed by atoms with Crippen LogP contribution in [0.5, 0.6) is 0 Å². The molecule has 0 aliphatic carbocycles. The molecule has 0 amide bonds. The molecule has 0 spiro atoms. The van der Waals surface area contributed by atoms with Crippen LogP contribution in [-0.2, 0) is 28.6 Å². The van der Waals surface area contributed by atoms with Crippen LogP contribution in [0.2, 0.25) is 0 Å². The number of carbonyl (C=O) groups is 3. The number of unbranched alkanes of at least 4 members (excludes halogenated alkanes) is 21. The van der Waals surface area contributed by atoms with Gasteiger partial charge in [0.2, 0.25) is 0 Å². The number of rotatable bonds is 32. The molecule has 280 valence electrons. The van der Waals surface area contributed by atoms with Gasteiger partial charge in [-0.05, 0) is 19.3 Å². The van der Waals surface area contributed by atoms with Crippen molar-refractivity contribution >= 4 is 45.6 Å². The van der Waals surface area contributed by atoms with E-state index in [-0.39, 0.29) is 33.2 Å². The summed E-state index contributed by atoms with van der Waals surface area (Å²) in [5, 5.41) is -0.550. The second kappa shape index (κ2) is 38.0. The van der Waals surface area contributed by atoms with Gasteiger partial charge in [0.25, 0.3) is 0 Å². The van der Waals surface area contributed by atoms with Gasteiger partial charge in [0, 0.05) is 0 Å². The zero-order valence-corrected chi connectivity index (χ0v) is 34.0. The highest BCUT2D eigenvalue weighted by atomic mass is 79.9. The van der Waals surface area contributed by atoms with E-state index in [1.165, 1.54) is 155 Å². The molecule has 0 heterocycles. The predicted molar refractivity (Wildman–Crippen MR) is 206 cm³/mol. The van der Waals surface area contributed by atoms with Crippen LogP contribution in [0.15, 0.2) is 0 Å². The Morgan fingerprint density at radius 2 is 0.681 bits per heavy atom. The Kier molecular flexibility index (Phi) is 39.1. The Labute approximate surface area is 303 Å². The van der Waals surface area contributed by atoms with Crippen LogP contribution in [-0.4, -0.2) is 54.6 Å². The molecule has 0 aromatic heterocycles. The van der Waals surface area contributed by atoms with E-state index in [4.69, 9.17) is 9.47 Å². The molecule has 0 N–H and O–H groups in total. The number of thioether (sulfide) groups is 1. The number of carbonyl (C=O) groups excluding carboxylic acids is 3. The fraction of sp³-hybridized carbons (Fsp3) is 0.923. The van der Waals surface area contributed by atoms with Crippen molar-refractivity contribution in [3.05, 3.63) is 0 Å². The van der Waals surface area contributed by atoms with E-state index >= 15 is 0 Å². The summed E-state index contributed by atoms with van der Waals surface area (Å²) in [6, 6.07) is 0. The Morgan fingerprint density at radius 3 is 0.957 bits per heavy atom. The number of methoxy groups -OCH3 is 3. The van der Waals surface area contributed by atoms with E-state index in [1.807, 2.05) is 0 Å². The van der Waals surface area contributed by atoms with Crippen LogP contribution in [0.3, 0.4) is 0 Å². The standard InChI is InChI=1S/C26H50O4S.C13H25BrO2/c1-5-7-9-11-13-15-17-19-21-23(25(27)29-3)31-24(26(28)30-4)22-20-18-16-14-12-10-8-6-2;1-3-4-5-6-7-8-9-10-11-12(14)13(15)16-2/h23-24H,5-22H2,1-4H3;12H,3-11H2,1-2H3. The minimum atomic E-state index is -0.275. The summed E-state index contributed by atoms with van der Waals surface area (Å²) in [6.07, 6.45) is 32.6. The quantitative estimate of drug-likeness (QED) is 0.0293. The minimum Gasteiger partial charge on any atom is -0.468 e. The Hall–Kier alpha value is -0.760. The molecule has 0 rings (SSSR count). The van der Waals surface area contributed by atoms with Gasteiger partial charge in [0.15, 0.2) is 0 Å². The van der Waals surface area contributed by atoms with Crippen molar-refractivity contribution in [3.8, 4) is 0 Å². The average Bonchev–Trinajstić information content (AvgIpc) is 3.09. The van der Waals surface area contributed by atoms with Gasteiger partial charge < -0.3 is 14.2 Å². The minimum absolute atomic E-state index is 0.113. The summed E-state index contributed by atoms with van der Waals surface area (Å²) in [5.41, 5.74) is 0. The molecule has 47 heavy (non-hydrogen) atoms. The lowest BCUT2D eigenvalue weighted by molar-refractivity contribution is -0.141. The van der Waals surface area contributed by atoms with Crippen molar-refractivity contribution < 1.29 is 28.6 Å². The van der Waals surface area contributed by atoms with Gasteiger partial charge in [-0.25, -0.2) is 0 Å². The van der Waals surface area contributed by atoms with Crippen molar-refractivity contribution in [2.24, 2.45) is 0 Å². The van der Waals surface area contributed by atoms with E-state index in [0.717, 1.165) is 51.4 Å². The molecule has 0 radical (unpaired) electrons. The second-order valence-electron chi connectivity index (χ2n) is 12.9. The van der Waals surface area contributed by atoms with E-state index in [0.29, 0.717) is 0 Å². The fourth-order valence-electron chi connectivity index (χ4n) is 5.57. The van der Waals surface area contributed by atoms with Crippen LogP contribution >= 0.6 is 27.7 Å². The van der Waals surface area contributed by atoms with Gasteiger partial charge in [0.05, 0.1) is 21.3 Å². The Morgan fingerprint density at radius 1 is 0.426 bits per heavy atom. The zero-order valence-electron chi connectivity index (χ0n) is 31.6. The maximum Gasteiger partial charge on any atom is 0.319 e. The van der Waals surface area contributed by atoms with Crippen LogP contribution in [0.4, 0.5) is 0 Å². The maximum atomic E-state index is 12.3. The largest absolute Gasteiger partial charge is 0.468 e. The molecule has 0 aromatic rings. The van der Waals surface area contributed by atoms with Crippen LogP contribution in [0, 0.1) is 0 Å². The zero-order chi connectivity index (χ0) is 35.4. The summed E-state index contributed by atoms with van der Waals surface area (Å²) >= 11 is 4.79. The van der Waals surface area contributed by atoms with Gasteiger partial charge in [-0.3, -0.25) is 14.4 Å². The lowest BCUT2D eigenvalue weighted by Gasteiger charge is -2.20. The highest BCUT2D eigenvalue weighted by molar-refractivity contribution is 9.10. The predicted octanol–water partition coefficient (Wildman–Crippen LogP) is 12.3. The van der Waals surface area contributed by atoms with Gasteiger partial charge in [-0.1, -0.05) is 191 Å². The maximum absolute atomic E-state index is 12.3. The summed E-state index contributed by atoms with van der Waals surface area (Å²) in [7, 11) is 4.31. The monoisotopic (exact) mass is 750 g/mol. The molecule has 3 unspecified atom stereocenters. The first-order valence-electron chi connectivity index (χ1n) is 19.4. The Bertz CT molecular complexity index is 669. The first-order chi connectivity index (χ1) is 22.8. The number of alkyl halides is 1. The lowest BCUT2D eigenvalue weighted by atomic mass is 10.1. The summed E-state index contributed by atoms with van der Waals surface area (Å²) in [4.78, 5) is 35.6. The number of halogens is 1. The topological polar surface area (TPSA) is 78.9 Å². The molecule has 6 nitrogen and oxygen atoms in total. The third-order valence-corrected chi connectivity index (χ3v) is 11.0. The van der Waals surface area contributed by atoms with Crippen molar-refractivity contribution in [1.29, 1.82) is 0 Å². The van der Waals surface area contributed by atoms with Gasteiger partial charge in [-0.15, -0.1) is 11.8 Å². The van der Waals surface area contributed by atoms with Crippen LogP contribution in [0.25, 0.3) is 0 Å². The van der Waals surface area contributed by atoms with Crippen molar-refractivity contribution in [2.75, 3.05) is 21.3 Å². The molecule has 0 aliphatic rings. The van der Waals surface area contributed by atoms with Crippen LogP contribution < -0.4 is 0 Å². The van der Waals surface area contributed by atoms with E-state index in [9.17, 15) is 14.4 Å². The fourth-order valence-corrected chi connectivity index (χ4v) is 7.50. The Balaban J connectivity index is 0. The molecule has 0 saturated heterocycles. The lowest BCUT2D eigenvalue weighted by Crippen LogP contribution is -2.27. The van der Waals surface area contributed by atoms with Crippen molar-refractivity contribution in [1.82, 2.24) is 0 Å². The normalized spacial score (nSPS) is 12.8. The number of ether oxygens (including phenoxy) is 3. The van der Waals surface area contributed by atoms with Gasteiger partial charge >= 0.3 is 17.9 Å².